The van der Waals surface area contributed by atoms with Gasteiger partial charge in [-0.3, -0.25) is 4.57 Å². The lowest BCUT2D eigenvalue weighted by Gasteiger charge is -1.93. The van der Waals surface area contributed by atoms with Crippen molar-refractivity contribution >= 4 is 15.9 Å². The fourth-order valence-electron chi connectivity index (χ4n) is 0.772. The normalized spacial score (nSPS) is 10.2. The van der Waals surface area contributed by atoms with Crippen LogP contribution in [0.2, 0.25) is 0 Å². The molecule has 0 aliphatic heterocycles. The summed E-state index contributed by atoms with van der Waals surface area (Å²) in [5.41, 5.74) is 0.0412. The first-order chi connectivity index (χ1) is 4.75. The third-order valence-electron chi connectivity index (χ3n) is 1.34. The maximum Gasteiger partial charge on any atom is 0.327 e. The molecule has 4 heteroatoms. The summed E-state index contributed by atoms with van der Waals surface area (Å²) in [4.78, 5) is 11.1. The van der Waals surface area contributed by atoms with Gasteiger partial charge < -0.3 is 4.57 Å². The summed E-state index contributed by atoms with van der Waals surface area (Å²) >= 11 is 3.26. The van der Waals surface area contributed by atoms with Gasteiger partial charge in [0.2, 0.25) is 0 Å². The number of hydrogen-bond acceptors (Lipinski definition) is 1. The van der Waals surface area contributed by atoms with Crippen molar-refractivity contribution < 1.29 is 0 Å². The highest BCUT2D eigenvalue weighted by Crippen LogP contribution is 1.85. The van der Waals surface area contributed by atoms with Gasteiger partial charge in [0.05, 0.1) is 0 Å². The van der Waals surface area contributed by atoms with E-state index < -0.39 is 0 Å². The molecule has 0 saturated heterocycles. The molecule has 0 unspecified atom stereocenters. The maximum absolute atomic E-state index is 11.1. The second-order valence-corrected chi connectivity index (χ2v) is 2.87. The molecule has 0 fully saturated rings. The molecule has 0 saturated carbocycles. The Hall–Kier alpha value is -0.510. The average Bonchev–Trinajstić information content (AvgIpc) is 2.20. The Kier molecular flexibility index (Phi) is 2.32. The Labute approximate surface area is 67.4 Å². The van der Waals surface area contributed by atoms with E-state index in [1.165, 1.54) is 0 Å². The second kappa shape index (κ2) is 3.05. The van der Waals surface area contributed by atoms with Crippen LogP contribution < -0.4 is 5.69 Å². The highest BCUT2D eigenvalue weighted by molar-refractivity contribution is 9.09. The lowest BCUT2D eigenvalue weighted by atomic mass is 10.7. The zero-order valence-corrected chi connectivity index (χ0v) is 7.34. The Morgan fingerprint density at radius 3 is 2.70 bits per heavy atom. The van der Waals surface area contributed by atoms with Crippen molar-refractivity contribution in [2.45, 2.75) is 6.54 Å². The third kappa shape index (κ3) is 1.31. The van der Waals surface area contributed by atoms with Gasteiger partial charge in [0.1, 0.15) is 0 Å². The lowest BCUT2D eigenvalue weighted by Crippen LogP contribution is -2.22. The van der Waals surface area contributed by atoms with E-state index in [9.17, 15) is 4.79 Å². The molecule has 0 spiro atoms. The molecule has 3 nitrogen and oxygen atoms in total. The molecular formula is C6H9BrN2O. The standard InChI is InChI=1S/C6H9BrN2O/c1-8-4-5-9(3-2-7)6(8)10/h4-5H,2-3H2,1H3. The van der Waals surface area contributed by atoms with Gasteiger partial charge in [-0.05, 0) is 0 Å². The van der Waals surface area contributed by atoms with E-state index in [0.717, 1.165) is 11.9 Å². The first-order valence-corrected chi connectivity index (χ1v) is 4.15. The molecule has 0 aliphatic rings. The van der Waals surface area contributed by atoms with Crippen LogP contribution in [0.5, 0.6) is 0 Å². The van der Waals surface area contributed by atoms with Crippen molar-refractivity contribution in [2.75, 3.05) is 5.33 Å². The fourth-order valence-corrected chi connectivity index (χ4v) is 1.15. The number of imidazole rings is 1. The Morgan fingerprint density at radius 2 is 2.30 bits per heavy atom. The maximum atomic E-state index is 11.1. The van der Waals surface area contributed by atoms with E-state index in [-0.39, 0.29) is 5.69 Å². The summed E-state index contributed by atoms with van der Waals surface area (Å²) in [6, 6.07) is 0. The van der Waals surface area contributed by atoms with E-state index in [1.54, 1.807) is 28.6 Å². The monoisotopic (exact) mass is 204 g/mol. The predicted octanol–water partition coefficient (Wildman–Crippen LogP) is 0.582. The average molecular weight is 205 g/mol. The van der Waals surface area contributed by atoms with Crippen LogP contribution in [-0.4, -0.2) is 14.5 Å². The van der Waals surface area contributed by atoms with Crippen LogP contribution in [0.4, 0.5) is 0 Å². The van der Waals surface area contributed by atoms with Gasteiger partial charge in [-0.2, -0.15) is 0 Å². The van der Waals surface area contributed by atoms with E-state index in [0.29, 0.717) is 0 Å². The van der Waals surface area contributed by atoms with Crippen LogP contribution in [0.25, 0.3) is 0 Å². The second-order valence-electron chi connectivity index (χ2n) is 2.07. The minimum atomic E-state index is 0.0412. The molecule has 0 aliphatic carbocycles. The topological polar surface area (TPSA) is 26.9 Å². The molecule has 10 heavy (non-hydrogen) atoms. The lowest BCUT2D eigenvalue weighted by molar-refractivity contribution is 0.703. The number of aryl methyl sites for hydroxylation is 2. The third-order valence-corrected chi connectivity index (χ3v) is 1.70. The number of rotatable bonds is 2. The van der Waals surface area contributed by atoms with Crippen LogP contribution in [0, 0.1) is 0 Å². The predicted molar refractivity (Wildman–Crippen MR) is 43.5 cm³/mol. The van der Waals surface area contributed by atoms with Crippen molar-refractivity contribution in [2.24, 2.45) is 7.05 Å². The van der Waals surface area contributed by atoms with Crippen LogP contribution in [-0.2, 0) is 13.6 Å². The van der Waals surface area contributed by atoms with Crippen molar-refractivity contribution in [3.63, 3.8) is 0 Å². The zero-order valence-electron chi connectivity index (χ0n) is 5.75. The van der Waals surface area contributed by atoms with Crippen molar-refractivity contribution in [3.05, 3.63) is 22.9 Å². The smallest absolute Gasteiger partial charge is 0.302 e. The van der Waals surface area contributed by atoms with Gasteiger partial charge in [0.25, 0.3) is 0 Å². The summed E-state index contributed by atoms with van der Waals surface area (Å²) in [6.07, 6.45) is 3.54. The molecule has 1 rings (SSSR count). The molecule has 0 N–H and O–H groups in total. The summed E-state index contributed by atoms with van der Waals surface area (Å²) < 4.78 is 3.22. The van der Waals surface area contributed by atoms with Gasteiger partial charge in [-0.1, -0.05) is 15.9 Å². The number of halogens is 1. The Balaban J connectivity index is 2.95. The quantitative estimate of drug-likeness (QED) is 0.649. The molecule has 1 aromatic rings. The molecule has 0 atom stereocenters. The minimum absolute atomic E-state index is 0.0412. The number of nitrogens with zero attached hydrogens (tertiary/aromatic N) is 2. The first kappa shape index (κ1) is 7.60. The fraction of sp³-hybridized carbons (Fsp3) is 0.500. The largest absolute Gasteiger partial charge is 0.327 e. The molecular weight excluding hydrogens is 196 g/mol. The Bertz CT molecular complexity index is 263. The van der Waals surface area contributed by atoms with E-state index in [4.69, 9.17) is 0 Å². The van der Waals surface area contributed by atoms with Crippen molar-refractivity contribution in [1.29, 1.82) is 0 Å². The van der Waals surface area contributed by atoms with Crippen molar-refractivity contribution in [1.82, 2.24) is 9.13 Å². The molecule has 0 bridgehead atoms. The van der Waals surface area contributed by atoms with Crippen LogP contribution in [0.15, 0.2) is 17.2 Å². The van der Waals surface area contributed by atoms with Crippen molar-refractivity contribution in [3.8, 4) is 0 Å². The molecule has 1 aromatic heterocycles. The van der Waals surface area contributed by atoms with Gasteiger partial charge >= 0.3 is 5.69 Å². The summed E-state index contributed by atoms with van der Waals surface area (Å²) in [5, 5.41) is 0.816. The Morgan fingerprint density at radius 1 is 1.60 bits per heavy atom. The zero-order chi connectivity index (χ0) is 7.56. The molecule has 1 heterocycles. The molecule has 0 radical (unpaired) electrons. The summed E-state index contributed by atoms with van der Waals surface area (Å²) in [6.45, 7) is 0.736. The van der Waals surface area contributed by atoms with Crippen LogP contribution in [0.1, 0.15) is 0 Å². The highest BCUT2D eigenvalue weighted by atomic mass is 79.9. The van der Waals surface area contributed by atoms with Gasteiger partial charge in [-0.25, -0.2) is 4.79 Å². The number of alkyl halides is 1. The summed E-state index contributed by atoms with van der Waals surface area (Å²) in [7, 11) is 1.74. The molecule has 56 valence electrons. The van der Waals surface area contributed by atoms with Gasteiger partial charge in [0, 0.05) is 31.3 Å². The van der Waals surface area contributed by atoms with Crippen LogP contribution in [0.3, 0.4) is 0 Å². The first-order valence-electron chi connectivity index (χ1n) is 3.03. The summed E-state index contributed by atoms with van der Waals surface area (Å²) in [5.74, 6) is 0. The number of hydrogen-bond donors (Lipinski definition) is 0. The van der Waals surface area contributed by atoms with E-state index >= 15 is 0 Å². The molecule has 0 aromatic carbocycles. The highest BCUT2D eigenvalue weighted by Gasteiger charge is 1.95. The minimum Gasteiger partial charge on any atom is -0.302 e. The van der Waals surface area contributed by atoms with Gasteiger partial charge in [0.15, 0.2) is 0 Å². The van der Waals surface area contributed by atoms with E-state index in [1.807, 2.05) is 0 Å². The SMILES string of the molecule is Cn1ccn(CCBr)c1=O. The van der Waals surface area contributed by atoms with E-state index in [2.05, 4.69) is 15.9 Å². The molecule has 0 amide bonds. The number of aromatic nitrogens is 2. The van der Waals surface area contributed by atoms with Gasteiger partial charge in [-0.15, -0.1) is 0 Å². The van der Waals surface area contributed by atoms with Crippen LogP contribution >= 0.6 is 15.9 Å².